The van der Waals surface area contributed by atoms with E-state index in [-0.39, 0.29) is 17.4 Å². The van der Waals surface area contributed by atoms with Crippen molar-refractivity contribution < 1.29 is 8.95 Å². The van der Waals surface area contributed by atoms with Crippen LogP contribution in [0.3, 0.4) is 0 Å². The van der Waals surface area contributed by atoms with E-state index in [2.05, 4.69) is 38.2 Å². The molecule has 1 rings (SSSR count). The summed E-state index contributed by atoms with van der Waals surface area (Å²) >= 11 is 0. The van der Waals surface area contributed by atoms with Crippen molar-refractivity contribution in [3.63, 3.8) is 0 Å². The summed E-state index contributed by atoms with van der Waals surface area (Å²) in [5.41, 5.74) is 1.17. The molecule has 0 aliphatic carbocycles. The predicted molar refractivity (Wildman–Crippen MR) is 91.4 cm³/mol. The first kappa shape index (κ1) is 18.2. The quantitative estimate of drug-likeness (QED) is 0.756. The Morgan fingerprint density at radius 1 is 1.14 bits per heavy atom. The zero-order valence-corrected chi connectivity index (χ0v) is 14.7. The van der Waals surface area contributed by atoms with E-state index in [1.165, 1.54) is 5.56 Å². The molecule has 1 aromatic rings. The van der Waals surface area contributed by atoms with E-state index >= 15 is 0 Å². The first-order valence-electron chi connectivity index (χ1n) is 7.85. The molecule has 0 saturated carbocycles. The summed E-state index contributed by atoms with van der Waals surface area (Å²) in [5, 5.41) is 3.68. The molecule has 0 radical (unpaired) electrons. The lowest BCUT2D eigenvalue weighted by molar-refractivity contribution is 0.242. The summed E-state index contributed by atoms with van der Waals surface area (Å²) in [6.45, 7) is 11.1. The molecule has 0 spiro atoms. The van der Waals surface area contributed by atoms with Crippen LogP contribution in [0, 0.1) is 0 Å². The van der Waals surface area contributed by atoms with Gasteiger partial charge in [0.15, 0.2) is 0 Å². The van der Waals surface area contributed by atoms with Gasteiger partial charge in [0, 0.05) is 27.8 Å². The van der Waals surface area contributed by atoms with Gasteiger partial charge in [-0.25, -0.2) is 0 Å². The first-order valence-corrected chi connectivity index (χ1v) is 9.23. The molecule has 4 heteroatoms. The van der Waals surface area contributed by atoms with Gasteiger partial charge < -0.3 is 10.1 Å². The minimum absolute atomic E-state index is 0.137. The molecule has 1 aromatic carbocycles. The highest BCUT2D eigenvalue weighted by molar-refractivity contribution is 7.85. The maximum absolute atomic E-state index is 12.3. The van der Waals surface area contributed by atoms with Gasteiger partial charge in [0.1, 0.15) is 5.75 Å². The van der Waals surface area contributed by atoms with E-state index in [9.17, 15) is 4.21 Å². The standard InChI is InChI=1S/C17H29NO2S/c1-6-14(5)21(19)12-17(18-7-2)15-8-10-16(11-9-15)20-13(3)4/h8-11,13-14,17-18H,6-7,12H2,1-5H3. The van der Waals surface area contributed by atoms with Crippen LogP contribution in [0.15, 0.2) is 24.3 Å². The van der Waals surface area contributed by atoms with Gasteiger partial charge in [-0.05, 0) is 44.5 Å². The summed E-state index contributed by atoms with van der Waals surface area (Å²) in [6, 6.07) is 8.26. The molecule has 0 bridgehead atoms. The number of ether oxygens (including phenoxy) is 1. The molecule has 0 amide bonds. The minimum atomic E-state index is -0.805. The fraction of sp³-hybridized carbons (Fsp3) is 0.647. The second-order valence-electron chi connectivity index (χ2n) is 5.61. The summed E-state index contributed by atoms with van der Waals surface area (Å²) in [5.74, 6) is 1.54. The van der Waals surface area contributed by atoms with Crippen molar-refractivity contribution in [2.24, 2.45) is 0 Å². The maximum atomic E-state index is 12.3. The molecule has 3 atom stereocenters. The number of nitrogens with one attached hydrogen (secondary N) is 1. The number of benzene rings is 1. The van der Waals surface area contributed by atoms with E-state index < -0.39 is 10.8 Å². The van der Waals surface area contributed by atoms with Crippen LogP contribution < -0.4 is 10.1 Å². The van der Waals surface area contributed by atoms with Crippen molar-refractivity contribution in [1.29, 1.82) is 0 Å². The highest BCUT2D eigenvalue weighted by atomic mass is 32.2. The third-order valence-electron chi connectivity index (χ3n) is 3.46. The van der Waals surface area contributed by atoms with Gasteiger partial charge in [-0.2, -0.15) is 0 Å². The smallest absolute Gasteiger partial charge is 0.119 e. The zero-order chi connectivity index (χ0) is 15.8. The molecule has 0 aliphatic heterocycles. The van der Waals surface area contributed by atoms with Crippen LogP contribution >= 0.6 is 0 Å². The average Bonchev–Trinajstić information content (AvgIpc) is 2.46. The molecule has 0 aromatic heterocycles. The van der Waals surface area contributed by atoms with Crippen molar-refractivity contribution in [3.05, 3.63) is 29.8 Å². The Hall–Kier alpha value is -0.870. The molecule has 21 heavy (non-hydrogen) atoms. The van der Waals surface area contributed by atoms with E-state index in [4.69, 9.17) is 4.74 Å². The number of hydrogen-bond donors (Lipinski definition) is 1. The Bertz CT molecular complexity index is 431. The summed E-state index contributed by atoms with van der Waals surface area (Å²) in [4.78, 5) is 0. The van der Waals surface area contributed by atoms with Crippen molar-refractivity contribution >= 4 is 10.8 Å². The molecular formula is C17H29NO2S. The number of rotatable bonds is 9. The summed E-state index contributed by atoms with van der Waals surface area (Å²) < 4.78 is 18.0. The molecule has 3 nitrogen and oxygen atoms in total. The van der Waals surface area contributed by atoms with E-state index in [1.54, 1.807) is 0 Å². The molecular weight excluding hydrogens is 282 g/mol. The van der Waals surface area contributed by atoms with Crippen molar-refractivity contribution in [1.82, 2.24) is 5.32 Å². The minimum Gasteiger partial charge on any atom is -0.491 e. The summed E-state index contributed by atoms with van der Waals surface area (Å²) in [6.07, 6.45) is 1.13. The fourth-order valence-corrected chi connectivity index (χ4v) is 3.42. The normalized spacial score (nSPS) is 15.7. The SMILES string of the molecule is CCNC(CS(=O)C(C)CC)c1ccc(OC(C)C)cc1. The van der Waals surface area contributed by atoms with Gasteiger partial charge in [0.05, 0.1) is 6.10 Å². The Morgan fingerprint density at radius 3 is 2.24 bits per heavy atom. The largest absolute Gasteiger partial charge is 0.491 e. The lowest BCUT2D eigenvalue weighted by Gasteiger charge is -2.20. The van der Waals surface area contributed by atoms with E-state index in [1.807, 2.05) is 26.0 Å². The second kappa shape index (κ2) is 9.21. The number of hydrogen-bond acceptors (Lipinski definition) is 3. The lowest BCUT2D eigenvalue weighted by Crippen LogP contribution is -2.28. The first-order chi connectivity index (χ1) is 9.97. The van der Waals surface area contributed by atoms with E-state index in [0.717, 1.165) is 18.7 Å². The molecule has 120 valence electrons. The van der Waals surface area contributed by atoms with Crippen molar-refractivity contribution in [2.45, 2.75) is 58.4 Å². The van der Waals surface area contributed by atoms with Gasteiger partial charge >= 0.3 is 0 Å². The Labute approximate surface area is 131 Å². The van der Waals surface area contributed by atoms with Gasteiger partial charge in [0.25, 0.3) is 0 Å². The molecule has 1 N–H and O–H groups in total. The summed E-state index contributed by atoms with van der Waals surface area (Å²) in [7, 11) is -0.805. The third-order valence-corrected chi connectivity index (χ3v) is 5.35. The van der Waals surface area contributed by atoms with Crippen LogP contribution in [0.2, 0.25) is 0 Å². The maximum Gasteiger partial charge on any atom is 0.119 e. The van der Waals surface area contributed by atoms with Gasteiger partial charge in [-0.1, -0.05) is 32.9 Å². The topological polar surface area (TPSA) is 38.3 Å². The van der Waals surface area contributed by atoms with Gasteiger partial charge in [-0.3, -0.25) is 4.21 Å². The van der Waals surface area contributed by atoms with Crippen LogP contribution in [0.4, 0.5) is 0 Å². The Morgan fingerprint density at radius 2 is 1.76 bits per heavy atom. The Kier molecular flexibility index (Phi) is 7.97. The van der Waals surface area contributed by atoms with Crippen LogP contribution in [-0.2, 0) is 10.8 Å². The van der Waals surface area contributed by atoms with Crippen LogP contribution in [0.25, 0.3) is 0 Å². The zero-order valence-electron chi connectivity index (χ0n) is 13.9. The molecule has 3 unspecified atom stereocenters. The highest BCUT2D eigenvalue weighted by Gasteiger charge is 2.17. The molecule has 0 heterocycles. The van der Waals surface area contributed by atoms with E-state index in [0.29, 0.717) is 5.75 Å². The lowest BCUT2D eigenvalue weighted by atomic mass is 10.1. The van der Waals surface area contributed by atoms with Crippen LogP contribution in [0.1, 0.15) is 52.6 Å². The Balaban J connectivity index is 2.78. The van der Waals surface area contributed by atoms with Crippen molar-refractivity contribution in [3.8, 4) is 5.75 Å². The third kappa shape index (κ3) is 6.18. The second-order valence-corrected chi connectivity index (χ2v) is 7.51. The molecule has 0 fully saturated rings. The van der Waals surface area contributed by atoms with Gasteiger partial charge in [0.2, 0.25) is 0 Å². The highest BCUT2D eigenvalue weighted by Crippen LogP contribution is 2.20. The average molecular weight is 311 g/mol. The molecule has 0 aliphatic rings. The van der Waals surface area contributed by atoms with Crippen LogP contribution in [-0.4, -0.2) is 27.9 Å². The monoisotopic (exact) mass is 311 g/mol. The predicted octanol–water partition coefficient (Wildman–Crippen LogP) is 3.67. The fourth-order valence-electron chi connectivity index (χ4n) is 2.08. The van der Waals surface area contributed by atoms with Crippen molar-refractivity contribution in [2.75, 3.05) is 12.3 Å². The van der Waals surface area contributed by atoms with Gasteiger partial charge in [-0.15, -0.1) is 0 Å². The molecule has 0 saturated heterocycles. The van der Waals surface area contributed by atoms with Crippen LogP contribution in [0.5, 0.6) is 5.75 Å².